The summed E-state index contributed by atoms with van der Waals surface area (Å²) >= 11 is 5.97. The van der Waals surface area contributed by atoms with Crippen LogP contribution < -0.4 is 0 Å². The van der Waals surface area contributed by atoms with Crippen LogP contribution >= 0.6 is 11.6 Å². The van der Waals surface area contributed by atoms with Gasteiger partial charge in [0.05, 0.1) is 10.4 Å². The summed E-state index contributed by atoms with van der Waals surface area (Å²) in [4.78, 5) is -0.0825. The van der Waals surface area contributed by atoms with E-state index in [1.165, 1.54) is 30.3 Å². The molecular weight excluding hydrogens is 387 g/mol. The summed E-state index contributed by atoms with van der Waals surface area (Å²) in [5, 5.41) is 0.0585. The normalized spacial score (nSPS) is 18.6. The number of rotatable bonds is 3. The summed E-state index contributed by atoms with van der Waals surface area (Å²) < 4.78 is 68.3. The maximum atomic E-state index is 13.9. The van der Waals surface area contributed by atoms with Gasteiger partial charge in [-0.15, -0.1) is 0 Å². The third-order valence-corrected chi connectivity index (χ3v) is 7.30. The monoisotopic (exact) mass is 403 g/mol. The van der Waals surface area contributed by atoms with Gasteiger partial charge in [-0.2, -0.15) is 17.5 Å². The van der Waals surface area contributed by atoms with Crippen molar-refractivity contribution in [3.8, 4) is 0 Å². The first-order valence-electron chi connectivity index (χ1n) is 8.05. The molecule has 8 heteroatoms. The van der Waals surface area contributed by atoms with Crippen LogP contribution in [0.1, 0.15) is 18.4 Å². The molecule has 0 saturated carbocycles. The molecule has 1 aliphatic heterocycles. The average Bonchev–Trinajstić information content (AvgIpc) is 2.62. The van der Waals surface area contributed by atoms with Crippen LogP contribution in [-0.2, 0) is 15.4 Å². The minimum Gasteiger partial charge on any atom is -0.207 e. The van der Waals surface area contributed by atoms with E-state index in [0.29, 0.717) is 0 Å². The van der Waals surface area contributed by atoms with Crippen molar-refractivity contribution >= 4 is 21.6 Å². The van der Waals surface area contributed by atoms with E-state index >= 15 is 0 Å². The summed E-state index contributed by atoms with van der Waals surface area (Å²) in [7, 11) is -3.94. The van der Waals surface area contributed by atoms with Crippen molar-refractivity contribution in [3.63, 3.8) is 0 Å². The summed E-state index contributed by atoms with van der Waals surface area (Å²) in [5.74, 6) is 0. The fraction of sp³-hybridized carbons (Fsp3) is 0.333. The van der Waals surface area contributed by atoms with Crippen LogP contribution in [-0.4, -0.2) is 32.0 Å². The molecule has 3 nitrogen and oxygen atoms in total. The lowest BCUT2D eigenvalue weighted by molar-refractivity contribution is -0.200. The Bertz CT molecular complexity index is 877. The summed E-state index contributed by atoms with van der Waals surface area (Å²) in [6.07, 6.45) is -5.12. The Morgan fingerprint density at radius 2 is 1.46 bits per heavy atom. The zero-order valence-corrected chi connectivity index (χ0v) is 15.3. The van der Waals surface area contributed by atoms with Gasteiger partial charge >= 0.3 is 6.18 Å². The van der Waals surface area contributed by atoms with Crippen LogP contribution in [0.3, 0.4) is 0 Å². The second-order valence-corrected chi connectivity index (χ2v) is 8.59. The standard InChI is InChI=1S/C18H17ClF3NO2S/c19-15-8-4-5-9-16(15)26(24,25)23-12-10-17(11-13-23,18(20,21)22)14-6-2-1-3-7-14/h1-9H,10-13H2. The van der Waals surface area contributed by atoms with Gasteiger partial charge in [-0.3, -0.25) is 0 Å². The third kappa shape index (κ3) is 3.23. The number of sulfonamides is 1. The highest BCUT2D eigenvalue weighted by molar-refractivity contribution is 7.89. The number of halogens is 4. The van der Waals surface area contributed by atoms with Gasteiger partial charge in [0.1, 0.15) is 4.90 Å². The Labute approximate surface area is 155 Å². The van der Waals surface area contributed by atoms with E-state index in [1.54, 1.807) is 24.3 Å². The number of alkyl halides is 3. The highest BCUT2D eigenvalue weighted by Crippen LogP contribution is 2.49. The Hall–Kier alpha value is -1.57. The van der Waals surface area contributed by atoms with Crippen LogP contribution in [0.4, 0.5) is 13.2 Å². The van der Waals surface area contributed by atoms with Gasteiger partial charge in [0.25, 0.3) is 0 Å². The van der Waals surface area contributed by atoms with E-state index in [-0.39, 0.29) is 41.4 Å². The van der Waals surface area contributed by atoms with E-state index in [1.807, 2.05) is 0 Å². The maximum Gasteiger partial charge on any atom is 0.398 e. The van der Waals surface area contributed by atoms with E-state index in [9.17, 15) is 21.6 Å². The van der Waals surface area contributed by atoms with Crippen molar-refractivity contribution in [2.45, 2.75) is 29.3 Å². The molecule has 1 saturated heterocycles. The van der Waals surface area contributed by atoms with Crippen LogP contribution in [0, 0.1) is 0 Å². The lowest BCUT2D eigenvalue weighted by atomic mass is 9.72. The number of nitrogens with zero attached hydrogens (tertiary/aromatic N) is 1. The van der Waals surface area contributed by atoms with Gasteiger partial charge < -0.3 is 0 Å². The molecule has 1 heterocycles. The quantitative estimate of drug-likeness (QED) is 0.749. The molecule has 2 aromatic carbocycles. The number of hydrogen-bond donors (Lipinski definition) is 0. The maximum absolute atomic E-state index is 13.9. The SMILES string of the molecule is O=S(=O)(c1ccccc1Cl)N1CCC(c2ccccc2)(C(F)(F)F)CC1. The molecule has 3 rings (SSSR count). The van der Waals surface area contributed by atoms with E-state index < -0.39 is 21.6 Å². The molecule has 26 heavy (non-hydrogen) atoms. The number of hydrogen-bond acceptors (Lipinski definition) is 2. The highest BCUT2D eigenvalue weighted by atomic mass is 35.5. The molecule has 0 aliphatic carbocycles. The van der Waals surface area contributed by atoms with Crippen molar-refractivity contribution in [1.82, 2.24) is 4.31 Å². The first kappa shape index (κ1) is 19.2. The summed E-state index contributed by atoms with van der Waals surface area (Å²) in [6.45, 7) is -0.441. The van der Waals surface area contributed by atoms with Crippen LogP contribution in [0.5, 0.6) is 0 Å². The topological polar surface area (TPSA) is 37.4 Å². The first-order valence-corrected chi connectivity index (χ1v) is 9.87. The molecule has 0 radical (unpaired) electrons. The Kier molecular flexibility index (Phi) is 5.07. The summed E-state index contributed by atoms with van der Waals surface area (Å²) in [5.41, 5.74) is -1.87. The zero-order valence-electron chi connectivity index (χ0n) is 13.7. The van der Waals surface area contributed by atoms with Crippen LogP contribution in [0.2, 0.25) is 5.02 Å². The highest BCUT2D eigenvalue weighted by Gasteiger charge is 2.57. The second kappa shape index (κ2) is 6.87. The zero-order chi connectivity index (χ0) is 19.0. The molecule has 0 amide bonds. The molecule has 0 unspecified atom stereocenters. The first-order chi connectivity index (χ1) is 12.2. The molecule has 0 aromatic heterocycles. The number of piperidine rings is 1. The molecule has 0 N–H and O–H groups in total. The molecule has 1 aliphatic rings. The van der Waals surface area contributed by atoms with Gasteiger partial charge in [-0.25, -0.2) is 8.42 Å². The van der Waals surface area contributed by atoms with Crippen molar-refractivity contribution in [1.29, 1.82) is 0 Å². The molecule has 2 aromatic rings. The fourth-order valence-corrected chi connectivity index (χ4v) is 5.33. The third-order valence-electron chi connectivity index (χ3n) is 4.90. The van der Waals surface area contributed by atoms with E-state index in [0.717, 1.165) is 4.31 Å². The predicted octanol–water partition coefficient (Wildman–Crippen LogP) is 4.62. The lowest BCUT2D eigenvalue weighted by Gasteiger charge is -2.42. The molecule has 1 fully saturated rings. The average molecular weight is 404 g/mol. The van der Waals surface area contributed by atoms with Crippen molar-refractivity contribution < 1.29 is 21.6 Å². The van der Waals surface area contributed by atoms with Crippen molar-refractivity contribution in [2.24, 2.45) is 0 Å². The minimum absolute atomic E-state index is 0.0585. The number of benzene rings is 2. The van der Waals surface area contributed by atoms with Gasteiger partial charge in [0, 0.05) is 13.1 Å². The smallest absolute Gasteiger partial charge is 0.207 e. The fourth-order valence-electron chi connectivity index (χ4n) is 3.39. The molecule has 0 spiro atoms. The van der Waals surface area contributed by atoms with Gasteiger partial charge in [-0.05, 0) is 30.5 Å². The van der Waals surface area contributed by atoms with E-state index in [2.05, 4.69) is 0 Å². The molecule has 0 bridgehead atoms. The van der Waals surface area contributed by atoms with Crippen molar-refractivity contribution in [3.05, 3.63) is 65.2 Å². The predicted molar refractivity (Wildman–Crippen MR) is 93.6 cm³/mol. The Morgan fingerprint density at radius 3 is 2.00 bits per heavy atom. The van der Waals surface area contributed by atoms with Crippen molar-refractivity contribution in [2.75, 3.05) is 13.1 Å². The van der Waals surface area contributed by atoms with Gasteiger partial charge in [0.15, 0.2) is 0 Å². The second-order valence-electron chi connectivity index (χ2n) is 6.28. The lowest BCUT2D eigenvalue weighted by Crippen LogP contribution is -2.52. The molecular formula is C18H17ClF3NO2S. The molecule has 0 atom stereocenters. The minimum atomic E-state index is -4.46. The van der Waals surface area contributed by atoms with Crippen LogP contribution in [0.25, 0.3) is 0 Å². The van der Waals surface area contributed by atoms with E-state index in [4.69, 9.17) is 11.6 Å². The Balaban J connectivity index is 1.91. The van der Waals surface area contributed by atoms with Gasteiger partial charge in [0.2, 0.25) is 10.0 Å². The summed E-state index contributed by atoms with van der Waals surface area (Å²) in [6, 6.07) is 13.6. The van der Waals surface area contributed by atoms with Crippen LogP contribution in [0.15, 0.2) is 59.5 Å². The Morgan fingerprint density at radius 1 is 0.923 bits per heavy atom. The largest absolute Gasteiger partial charge is 0.398 e. The van der Waals surface area contributed by atoms with Gasteiger partial charge in [-0.1, -0.05) is 54.1 Å². The molecule has 140 valence electrons.